The molecule has 0 heterocycles. The molecule has 2 rings (SSSR count). The largest absolute Gasteiger partial charge is 0.484 e. The predicted octanol–water partition coefficient (Wildman–Crippen LogP) is 3.74. The van der Waals surface area contributed by atoms with E-state index in [0.29, 0.717) is 6.54 Å². The normalized spacial score (nSPS) is 10.4. The number of benzene rings is 2. The van der Waals surface area contributed by atoms with Crippen LogP contribution in [0.1, 0.15) is 28.7 Å². The van der Waals surface area contributed by atoms with Crippen molar-refractivity contribution in [3.63, 3.8) is 0 Å². The highest BCUT2D eigenvalue weighted by Gasteiger charge is 2.03. The van der Waals surface area contributed by atoms with E-state index >= 15 is 0 Å². The summed E-state index contributed by atoms with van der Waals surface area (Å²) < 4.78 is 5.55. The van der Waals surface area contributed by atoms with Crippen LogP contribution in [-0.4, -0.2) is 19.1 Å². The van der Waals surface area contributed by atoms with Crippen molar-refractivity contribution in [3.05, 3.63) is 64.7 Å². The molecule has 0 unspecified atom stereocenters. The highest BCUT2D eigenvalue weighted by molar-refractivity contribution is 5.77. The first-order valence-corrected chi connectivity index (χ1v) is 8.06. The Morgan fingerprint density at radius 2 is 1.74 bits per heavy atom. The molecule has 0 fully saturated rings. The number of ether oxygens (including phenoxy) is 1. The van der Waals surface area contributed by atoms with E-state index in [1.807, 2.05) is 26.0 Å². The molecule has 2 aromatic rings. The Morgan fingerprint density at radius 3 is 2.43 bits per heavy atom. The van der Waals surface area contributed by atoms with Gasteiger partial charge in [-0.25, -0.2) is 0 Å². The van der Waals surface area contributed by atoms with Gasteiger partial charge in [0.25, 0.3) is 5.91 Å². The Balaban J connectivity index is 1.67. The van der Waals surface area contributed by atoms with E-state index in [4.69, 9.17) is 4.74 Å². The molecule has 3 heteroatoms. The van der Waals surface area contributed by atoms with Gasteiger partial charge in [-0.2, -0.15) is 0 Å². The molecule has 1 N–H and O–H groups in total. The molecule has 0 aliphatic rings. The Labute approximate surface area is 138 Å². The molecular weight excluding hydrogens is 286 g/mol. The zero-order chi connectivity index (χ0) is 16.7. The molecule has 0 aliphatic carbocycles. The number of carbonyl (C=O) groups is 1. The number of amides is 1. The van der Waals surface area contributed by atoms with E-state index in [-0.39, 0.29) is 12.5 Å². The average molecular weight is 311 g/mol. The standard InChI is InChI=1S/C20H25NO2/c1-15-6-4-7-18(11-15)8-5-9-21-20(22)14-23-19-12-16(2)10-17(3)13-19/h4,6-7,10-13H,5,8-9,14H2,1-3H3,(H,21,22). The van der Waals surface area contributed by atoms with Crippen LogP contribution < -0.4 is 10.1 Å². The van der Waals surface area contributed by atoms with E-state index in [9.17, 15) is 4.79 Å². The first-order chi connectivity index (χ1) is 11.0. The summed E-state index contributed by atoms with van der Waals surface area (Å²) in [5, 5.41) is 2.90. The monoisotopic (exact) mass is 311 g/mol. The molecule has 0 spiro atoms. The Morgan fingerprint density at radius 1 is 1.00 bits per heavy atom. The van der Waals surface area contributed by atoms with Crippen LogP contribution in [-0.2, 0) is 11.2 Å². The van der Waals surface area contributed by atoms with Crippen molar-refractivity contribution in [2.75, 3.05) is 13.2 Å². The van der Waals surface area contributed by atoms with Gasteiger partial charge in [-0.3, -0.25) is 4.79 Å². The molecule has 23 heavy (non-hydrogen) atoms. The lowest BCUT2D eigenvalue weighted by Crippen LogP contribution is -2.29. The van der Waals surface area contributed by atoms with Gasteiger partial charge in [0, 0.05) is 6.54 Å². The lowest BCUT2D eigenvalue weighted by atomic mass is 10.1. The fourth-order valence-electron chi connectivity index (χ4n) is 2.60. The van der Waals surface area contributed by atoms with Gasteiger partial charge in [0.15, 0.2) is 6.61 Å². The van der Waals surface area contributed by atoms with E-state index in [1.54, 1.807) is 0 Å². The van der Waals surface area contributed by atoms with E-state index in [1.165, 1.54) is 11.1 Å². The van der Waals surface area contributed by atoms with Crippen molar-refractivity contribution in [1.29, 1.82) is 0 Å². The fourth-order valence-corrected chi connectivity index (χ4v) is 2.60. The lowest BCUT2D eigenvalue weighted by Gasteiger charge is -2.09. The Bertz CT molecular complexity index is 644. The first-order valence-electron chi connectivity index (χ1n) is 8.06. The summed E-state index contributed by atoms with van der Waals surface area (Å²) in [5.74, 6) is 0.672. The molecule has 0 saturated heterocycles. The summed E-state index contributed by atoms with van der Waals surface area (Å²) in [6.07, 6.45) is 1.90. The second-order valence-electron chi connectivity index (χ2n) is 6.05. The smallest absolute Gasteiger partial charge is 0.257 e. The van der Waals surface area contributed by atoms with Crippen molar-refractivity contribution < 1.29 is 9.53 Å². The average Bonchev–Trinajstić information content (AvgIpc) is 2.49. The molecule has 1 amide bonds. The summed E-state index contributed by atoms with van der Waals surface area (Å²) in [6, 6.07) is 14.4. The van der Waals surface area contributed by atoms with Crippen molar-refractivity contribution in [2.24, 2.45) is 0 Å². The Kier molecular flexibility index (Phi) is 6.21. The molecular formula is C20H25NO2. The fraction of sp³-hybridized carbons (Fsp3) is 0.350. The van der Waals surface area contributed by atoms with E-state index in [2.05, 4.69) is 42.6 Å². The zero-order valence-electron chi connectivity index (χ0n) is 14.2. The highest BCUT2D eigenvalue weighted by Crippen LogP contribution is 2.15. The Hall–Kier alpha value is -2.29. The molecule has 0 radical (unpaired) electrons. The second-order valence-corrected chi connectivity index (χ2v) is 6.05. The molecule has 0 atom stereocenters. The maximum absolute atomic E-state index is 11.8. The van der Waals surface area contributed by atoms with Crippen LogP contribution in [0.3, 0.4) is 0 Å². The number of carbonyl (C=O) groups excluding carboxylic acids is 1. The summed E-state index contributed by atoms with van der Waals surface area (Å²) in [4.78, 5) is 11.8. The topological polar surface area (TPSA) is 38.3 Å². The molecule has 3 nitrogen and oxygen atoms in total. The van der Waals surface area contributed by atoms with Crippen molar-refractivity contribution >= 4 is 5.91 Å². The van der Waals surface area contributed by atoms with Crippen LogP contribution in [0, 0.1) is 20.8 Å². The maximum atomic E-state index is 11.8. The van der Waals surface area contributed by atoms with Gasteiger partial charge in [0.05, 0.1) is 0 Å². The number of aryl methyl sites for hydroxylation is 4. The molecule has 2 aromatic carbocycles. The van der Waals surface area contributed by atoms with Crippen LogP contribution in [0.15, 0.2) is 42.5 Å². The lowest BCUT2D eigenvalue weighted by molar-refractivity contribution is -0.123. The minimum atomic E-state index is -0.0756. The summed E-state index contributed by atoms with van der Waals surface area (Å²) in [7, 11) is 0. The quantitative estimate of drug-likeness (QED) is 0.791. The van der Waals surface area contributed by atoms with Crippen molar-refractivity contribution in [1.82, 2.24) is 5.32 Å². The van der Waals surface area contributed by atoms with Crippen LogP contribution >= 0.6 is 0 Å². The zero-order valence-corrected chi connectivity index (χ0v) is 14.2. The maximum Gasteiger partial charge on any atom is 0.257 e. The third-order valence-electron chi connectivity index (χ3n) is 3.61. The van der Waals surface area contributed by atoms with Gasteiger partial charge >= 0.3 is 0 Å². The summed E-state index contributed by atoms with van der Waals surface area (Å²) in [6.45, 7) is 6.86. The molecule has 0 aromatic heterocycles. The van der Waals surface area contributed by atoms with Crippen LogP contribution in [0.2, 0.25) is 0 Å². The number of hydrogen-bond acceptors (Lipinski definition) is 2. The third-order valence-corrected chi connectivity index (χ3v) is 3.61. The van der Waals surface area contributed by atoms with Gasteiger partial charge in [-0.05, 0) is 62.4 Å². The first kappa shape index (κ1) is 17.1. The van der Waals surface area contributed by atoms with Gasteiger partial charge in [-0.1, -0.05) is 35.9 Å². The molecule has 0 aliphatic heterocycles. The molecule has 122 valence electrons. The number of hydrogen-bond donors (Lipinski definition) is 1. The predicted molar refractivity (Wildman–Crippen MR) is 93.9 cm³/mol. The van der Waals surface area contributed by atoms with Gasteiger partial charge in [0.1, 0.15) is 5.75 Å². The van der Waals surface area contributed by atoms with E-state index in [0.717, 1.165) is 29.7 Å². The van der Waals surface area contributed by atoms with Crippen LogP contribution in [0.5, 0.6) is 5.75 Å². The minimum Gasteiger partial charge on any atom is -0.484 e. The SMILES string of the molecule is Cc1cccc(CCCNC(=O)COc2cc(C)cc(C)c2)c1. The summed E-state index contributed by atoms with van der Waals surface area (Å²) in [5.41, 5.74) is 4.86. The molecule has 0 saturated carbocycles. The van der Waals surface area contributed by atoms with Crippen molar-refractivity contribution in [3.8, 4) is 5.75 Å². The number of nitrogens with one attached hydrogen (secondary N) is 1. The van der Waals surface area contributed by atoms with Gasteiger partial charge in [0.2, 0.25) is 0 Å². The number of rotatable bonds is 7. The minimum absolute atomic E-state index is 0.0628. The van der Waals surface area contributed by atoms with Gasteiger partial charge < -0.3 is 10.1 Å². The van der Waals surface area contributed by atoms with Crippen LogP contribution in [0.25, 0.3) is 0 Å². The summed E-state index contributed by atoms with van der Waals surface area (Å²) >= 11 is 0. The van der Waals surface area contributed by atoms with Crippen LogP contribution in [0.4, 0.5) is 0 Å². The molecule has 0 bridgehead atoms. The third kappa shape index (κ3) is 6.15. The second kappa shape index (κ2) is 8.37. The highest BCUT2D eigenvalue weighted by atomic mass is 16.5. The van der Waals surface area contributed by atoms with E-state index < -0.39 is 0 Å². The van der Waals surface area contributed by atoms with Gasteiger partial charge in [-0.15, -0.1) is 0 Å². The van der Waals surface area contributed by atoms with Crippen molar-refractivity contribution in [2.45, 2.75) is 33.6 Å².